The van der Waals surface area contributed by atoms with E-state index in [0.717, 1.165) is 5.06 Å². The highest BCUT2D eigenvalue weighted by Gasteiger charge is 2.38. The molecule has 1 atom stereocenters. The molecule has 2 aromatic carbocycles. The highest BCUT2D eigenvalue weighted by atomic mass is 16.7. The van der Waals surface area contributed by atoms with E-state index < -0.39 is 23.9 Å². The molecule has 2 aromatic rings. The molecule has 6 nitrogen and oxygen atoms in total. The number of aliphatic carboxylic acids is 1. The van der Waals surface area contributed by atoms with E-state index in [9.17, 15) is 14.4 Å². The van der Waals surface area contributed by atoms with Crippen molar-refractivity contribution in [2.75, 3.05) is 0 Å². The van der Waals surface area contributed by atoms with E-state index in [2.05, 4.69) is 0 Å². The van der Waals surface area contributed by atoms with Crippen molar-refractivity contribution in [2.45, 2.75) is 18.9 Å². The molecule has 0 aromatic heterocycles. The lowest BCUT2D eigenvalue weighted by atomic mass is 10.1. The predicted octanol–water partition coefficient (Wildman–Crippen LogP) is 2.82. The molecule has 1 heterocycles. The number of carboxylic acid groups (broad SMARTS) is 1. The molecule has 0 bridgehead atoms. The fourth-order valence-corrected chi connectivity index (χ4v) is 2.59. The second-order valence-corrected chi connectivity index (χ2v) is 5.39. The molecule has 0 fully saturated rings. The van der Waals surface area contributed by atoms with E-state index in [1.807, 2.05) is 6.07 Å². The minimum atomic E-state index is -0.970. The summed E-state index contributed by atoms with van der Waals surface area (Å²) in [6.07, 6.45) is -0.695. The van der Waals surface area contributed by atoms with Gasteiger partial charge in [-0.3, -0.25) is 19.2 Å². The number of fused-ring (bicyclic) bond motifs is 1. The van der Waals surface area contributed by atoms with Crippen molar-refractivity contribution in [3.05, 3.63) is 71.3 Å². The zero-order valence-electron chi connectivity index (χ0n) is 12.7. The van der Waals surface area contributed by atoms with Crippen LogP contribution in [0.15, 0.2) is 54.6 Å². The first kappa shape index (κ1) is 15.9. The molecule has 1 aliphatic heterocycles. The molecule has 0 aliphatic carbocycles. The van der Waals surface area contributed by atoms with Crippen LogP contribution in [0, 0.1) is 0 Å². The number of amides is 2. The summed E-state index contributed by atoms with van der Waals surface area (Å²) in [4.78, 5) is 41.3. The molecular formula is C18H15NO5. The maximum atomic E-state index is 12.4. The topological polar surface area (TPSA) is 83.9 Å². The largest absolute Gasteiger partial charge is 0.481 e. The van der Waals surface area contributed by atoms with E-state index in [1.54, 1.807) is 48.5 Å². The van der Waals surface area contributed by atoms with Crippen molar-refractivity contribution >= 4 is 17.8 Å². The van der Waals surface area contributed by atoms with Crippen LogP contribution in [0.3, 0.4) is 0 Å². The number of carbonyl (C=O) groups excluding carboxylic acids is 2. The van der Waals surface area contributed by atoms with Gasteiger partial charge in [-0.25, -0.2) is 0 Å². The van der Waals surface area contributed by atoms with Crippen molar-refractivity contribution in [3.63, 3.8) is 0 Å². The zero-order valence-corrected chi connectivity index (χ0v) is 12.7. The first-order valence-corrected chi connectivity index (χ1v) is 7.49. The van der Waals surface area contributed by atoms with Crippen LogP contribution in [0.5, 0.6) is 0 Å². The Morgan fingerprint density at radius 1 is 0.958 bits per heavy atom. The molecule has 0 spiro atoms. The summed E-state index contributed by atoms with van der Waals surface area (Å²) in [7, 11) is 0. The minimum Gasteiger partial charge on any atom is -0.481 e. The van der Waals surface area contributed by atoms with Crippen LogP contribution in [-0.2, 0) is 9.63 Å². The van der Waals surface area contributed by atoms with Crippen molar-refractivity contribution in [1.29, 1.82) is 0 Å². The minimum absolute atomic E-state index is 0.136. The quantitative estimate of drug-likeness (QED) is 0.826. The average molecular weight is 325 g/mol. The maximum Gasteiger partial charge on any atom is 0.303 e. The van der Waals surface area contributed by atoms with Crippen LogP contribution < -0.4 is 0 Å². The highest BCUT2D eigenvalue weighted by Crippen LogP contribution is 2.29. The monoisotopic (exact) mass is 325 g/mol. The number of benzene rings is 2. The van der Waals surface area contributed by atoms with E-state index >= 15 is 0 Å². The average Bonchev–Trinajstić information content (AvgIpc) is 2.84. The smallest absolute Gasteiger partial charge is 0.303 e. The Balaban J connectivity index is 1.84. The van der Waals surface area contributed by atoms with Gasteiger partial charge in [0.05, 0.1) is 11.1 Å². The van der Waals surface area contributed by atoms with Gasteiger partial charge in [-0.1, -0.05) is 42.5 Å². The maximum absolute atomic E-state index is 12.4. The SMILES string of the molecule is O=C(O)CCC(ON1C(=O)c2ccccc2C1=O)c1ccccc1. The molecule has 0 saturated carbocycles. The summed E-state index contributed by atoms with van der Waals surface area (Å²) >= 11 is 0. The number of rotatable bonds is 6. The van der Waals surface area contributed by atoms with Gasteiger partial charge in [-0.15, -0.1) is 5.06 Å². The number of hydrogen-bond donors (Lipinski definition) is 1. The number of carboxylic acids is 1. The summed E-state index contributed by atoms with van der Waals surface area (Å²) in [5, 5.41) is 9.64. The summed E-state index contributed by atoms with van der Waals surface area (Å²) < 4.78 is 0. The van der Waals surface area contributed by atoms with Crippen LogP contribution in [0.2, 0.25) is 0 Å². The van der Waals surface area contributed by atoms with Crippen LogP contribution >= 0.6 is 0 Å². The molecular weight excluding hydrogens is 310 g/mol. The van der Waals surface area contributed by atoms with Gasteiger partial charge >= 0.3 is 5.97 Å². The third-order valence-electron chi connectivity index (χ3n) is 3.78. The van der Waals surface area contributed by atoms with Crippen LogP contribution in [-0.4, -0.2) is 28.0 Å². The summed E-state index contributed by atoms with van der Waals surface area (Å²) in [5.74, 6) is -2.04. The third kappa shape index (κ3) is 3.04. The summed E-state index contributed by atoms with van der Waals surface area (Å²) in [6, 6.07) is 15.4. The van der Waals surface area contributed by atoms with Gasteiger partial charge in [0.15, 0.2) is 0 Å². The fraction of sp³-hybridized carbons (Fsp3) is 0.167. The lowest BCUT2D eigenvalue weighted by molar-refractivity contribution is -0.146. The first-order valence-electron chi connectivity index (χ1n) is 7.49. The third-order valence-corrected chi connectivity index (χ3v) is 3.78. The van der Waals surface area contributed by atoms with Gasteiger partial charge in [0.25, 0.3) is 11.8 Å². The van der Waals surface area contributed by atoms with Crippen LogP contribution in [0.1, 0.15) is 45.2 Å². The molecule has 1 aliphatic rings. The number of hydrogen-bond acceptors (Lipinski definition) is 4. The van der Waals surface area contributed by atoms with E-state index in [4.69, 9.17) is 9.94 Å². The van der Waals surface area contributed by atoms with Crippen LogP contribution in [0.25, 0.3) is 0 Å². The molecule has 0 radical (unpaired) electrons. The summed E-state index contributed by atoms with van der Waals surface area (Å²) in [5.41, 5.74) is 1.27. The predicted molar refractivity (Wildman–Crippen MR) is 84.1 cm³/mol. The van der Waals surface area contributed by atoms with Gasteiger partial charge in [0, 0.05) is 6.42 Å². The number of nitrogens with zero attached hydrogens (tertiary/aromatic N) is 1. The van der Waals surface area contributed by atoms with Crippen molar-refractivity contribution in [2.24, 2.45) is 0 Å². The van der Waals surface area contributed by atoms with Crippen LogP contribution in [0.4, 0.5) is 0 Å². The highest BCUT2D eigenvalue weighted by molar-refractivity contribution is 6.20. The van der Waals surface area contributed by atoms with Crippen molar-refractivity contribution in [3.8, 4) is 0 Å². The normalized spacial score (nSPS) is 14.6. The number of imide groups is 1. The molecule has 3 rings (SSSR count). The van der Waals surface area contributed by atoms with Gasteiger partial charge in [0.1, 0.15) is 6.10 Å². The van der Waals surface area contributed by atoms with E-state index in [0.29, 0.717) is 5.56 Å². The van der Waals surface area contributed by atoms with Crippen molar-refractivity contribution < 1.29 is 24.3 Å². The second kappa shape index (κ2) is 6.64. The van der Waals surface area contributed by atoms with Gasteiger partial charge in [0.2, 0.25) is 0 Å². The number of carbonyl (C=O) groups is 3. The molecule has 24 heavy (non-hydrogen) atoms. The Labute approximate surface area is 138 Å². The van der Waals surface area contributed by atoms with E-state index in [1.165, 1.54) is 0 Å². The van der Waals surface area contributed by atoms with Crippen molar-refractivity contribution in [1.82, 2.24) is 5.06 Å². The number of hydroxylamine groups is 2. The van der Waals surface area contributed by atoms with E-state index in [-0.39, 0.29) is 24.0 Å². The molecule has 6 heteroatoms. The lowest BCUT2D eigenvalue weighted by Gasteiger charge is -2.22. The first-order chi connectivity index (χ1) is 11.6. The molecule has 1 N–H and O–H groups in total. The molecule has 122 valence electrons. The van der Waals surface area contributed by atoms with Gasteiger partial charge in [-0.2, -0.15) is 0 Å². The molecule has 1 unspecified atom stereocenters. The molecule has 0 saturated heterocycles. The lowest BCUT2D eigenvalue weighted by Crippen LogP contribution is -2.32. The Kier molecular flexibility index (Phi) is 4.39. The Morgan fingerprint density at radius 2 is 1.50 bits per heavy atom. The fourth-order valence-electron chi connectivity index (χ4n) is 2.59. The second-order valence-electron chi connectivity index (χ2n) is 5.39. The van der Waals surface area contributed by atoms with Gasteiger partial charge in [-0.05, 0) is 24.1 Å². The molecule has 2 amide bonds. The summed E-state index contributed by atoms with van der Waals surface area (Å²) in [6.45, 7) is 0. The van der Waals surface area contributed by atoms with Gasteiger partial charge < -0.3 is 5.11 Å². The zero-order chi connectivity index (χ0) is 17.1. The Bertz CT molecular complexity index is 752. The Hall–Kier alpha value is -2.99. The standard InChI is InChI=1S/C18H15NO5/c20-16(21)11-10-15(12-6-2-1-3-7-12)24-19-17(22)13-8-4-5-9-14(13)18(19)23/h1-9,15H,10-11H2,(H,20,21). The Morgan fingerprint density at radius 3 is 2.04 bits per heavy atom.